The van der Waals surface area contributed by atoms with Crippen molar-refractivity contribution < 1.29 is 8.42 Å². The van der Waals surface area contributed by atoms with Crippen LogP contribution in [0.4, 0.5) is 0 Å². The van der Waals surface area contributed by atoms with Gasteiger partial charge in [0.25, 0.3) is 0 Å². The van der Waals surface area contributed by atoms with Crippen molar-refractivity contribution in [2.75, 3.05) is 6.54 Å². The lowest BCUT2D eigenvalue weighted by atomic mass is 10.1. The van der Waals surface area contributed by atoms with Crippen LogP contribution in [0.3, 0.4) is 0 Å². The van der Waals surface area contributed by atoms with Crippen molar-refractivity contribution in [3.8, 4) is 0 Å². The zero-order valence-corrected chi connectivity index (χ0v) is 11.7. The average Bonchev–Trinajstić information content (AvgIpc) is 2.18. The van der Waals surface area contributed by atoms with Crippen molar-refractivity contribution in [1.29, 1.82) is 0 Å². The summed E-state index contributed by atoms with van der Waals surface area (Å²) in [6.07, 6.45) is 0. The maximum Gasteiger partial charge on any atom is 0.240 e. The van der Waals surface area contributed by atoms with E-state index in [0.717, 1.165) is 0 Å². The van der Waals surface area contributed by atoms with Crippen LogP contribution >= 0.6 is 11.6 Å². The van der Waals surface area contributed by atoms with E-state index in [4.69, 9.17) is 17.3 Å². The molecule has 1 rings (SSSR count). The summed E-state index contributed by atoms with van der Waals surface area (Å²) in [6.45, 7) is 5.39. The van der Waals surface area contributed by atoms with E-state index in [1.807, 2.05) is 0 Å². The number of hydrogen-bond acceptors (Lipinski definition) is 3. The fraction of sp³-hybridized carbons (Fsp3) is 0.455. The van der Waals surface area contributed by atoms with Gasteiger partial charge < -0.3 is 5.73 Å². The Morgan fingerprint density at radius 2 is 2.00 bits per heavy atom. The van der Waals surface area contributed by atoms with Crippen LogP contribution in [0.25, 0.3) is 0 Å². The van der Waals surface area contributed by atoms with E-state index < -0.39 is 15.6 Å². The number of sulfonamides is 1. The molecule has 0 radical (unpaired) electrons. The normalized spacial score (nSPS) is 12.8. The third kappa shape index (κ3) is 4.27. The maximum atomic E-state index is 12.0. The van der Waals surface area contributed by atoms with Gasteiger partial charge in [0.2, 0.25) is 10.0 Å². The Morgan fingerprint density at radius 3 is 2.53 bits per heavy atom. The van der Waals surface area contributed by atoms with Gasteiger partial charge in [0.05, 0.1) is 4.90 Å². The van der Waals surface area contributed by atoms with Crippen molar-refractivity contribution in [2.45, 2.75) is 31.2 Å². The fourth-order valence-corrected chi connectivity index (χ4v) is 2.95. The largest absolute Gasteiger partial charge is 0.324 e. The molecule has 0 heterocycles. The molecule has 0 bridgehead atoms. The van der Waals surface area contributed by atoms with E-state index >= 15 is 0 Å². The molecule has 4 nitrogen and oxygen atoms in total. The number of nitrogens with two attached hydrogens (primary N) is 1. The third-order valence-electron chi connectivity index (χ3n) is 2.16. The summed E-state index contributed by atoms with van der Waals surface area (Å²) in [4.78, 5) is 0.189. The van der Waals surface area contributed by atoms with Crippen LogP contribution in [0, 0.1) is 6.92 Å². The SMILES string of the molecule is Cc1ccc(Cl)cc1S(=O)(=O)NCC(C)(C)N. The molecule has 0 aliphatic carbocycles. The molecule has 0 aliphatic heterocycles. The van der Waals surface area contributed by atoms with E-state index in [1.165, 1.54) is 6.07 Å². The summed E-state index contributed by atoms with van der Waals surface area (Å²) in [6, 6.07) is 4.76. The van der Waals surface area contributed by atoms with E-state index in [-0.39, 0.29) is 11.4 Å². The Balaban J connectivity index is 3.02. The lowest BCUT2D eigenvalue weighted by molar-refractivity contribution is 0.497. The maximum absolute atomic E-state index is 12.0. The molecule has 0 fully saturated rings. The van der Waals surface area contributed by atoms with Gasteiger partial charge in [-0.15, -0.1) is 0 Å². The van der Waals surface area contributed by atoms with Crippen LogP contribution in [-0.2, 0) is 10.0 Å². The molecule has 96 valence electrons. The van der Waals surface area contributed by atoms with Gasteiger partial charge in [-0.2, -0.15) is 0 Å². The third-order valence-corrected chi connectivity index (χ3v) is 3.94. The molecule has 6 heteroatoms. The first-order valence-electron chi connectivity index (χ1n) is 5.16. The molecule has 3 N–H and O–H groups in total. The van der Waals surface area contributed by atoms with Crippen LogP contribution in [0.1, 0.15) is 19.4 Å². The highest BCUT2D eigenvalue weighted by Gasteiger charge is 2.20. The number of hydrogen-bond donors (Lipinski definition) is 2. The summed E-state index contributed by atoms with van der Waals surface area (Å²) >= 11 is 5.80. The highest BCUT2D eigenvalue weighted by Crippen LogP contribution is 2.20. The Hall–Kier alpha value is -0.620. The first-order valence-corrected chi connectivity index (χ1v) is 7.03. The molecule has 1 aromatic rings. The van der Waals surface area contributed by atoms with Gasteiger partial charge in [-0.25, -0.2) is 13.1 Å². The molecule has 17 heavy (non-hydrogen) atoms. The monoisotopic (exact) mass is 276 g/mol. The zero-order chi connectivity index (χ0) is 13.3. The lowest BCUT2D eigenvalue weighted by Gasteiger charge is -2.19. The van der Waals surface area contributed by atoms with Gasteiger partial charge in [-0.05, 0) is 38.5 Å². The Kier molecular flexibility index (Phi) is 4.19. The van der Waals surface area contributed by atoms with Crippen LogP contribution in [0.15, 0.2) is 23.1 Å². The number of nitrogens with one attached hydrogen (secondary N) is 1. The first kappa shape index (κ1) is 14.4. The summed E-state index contributed by atoms with van der Waals surface area (Å²) in [5.74, 6) is 0. The molecule has 0 unspecified atom stereocenters. The van der Waals surface area contributed by atoms with E-state index in [1.54, 1.807) is 32.9 Å². The van der Waals surface area contributed by atoms with Crippen LogP contribution in [0.5, 0.6) is 0 Å². The van der Waals surface area contributed by atoms with Crippen molar-refractivity contribution >= 4 is 21.6 Å². The van der Waals surface area contributed by atoms with Gasteiger partial charge in [0.15, 0.2) is 0 Å². The quantitative estimate of drug-likeness (QED) is 0.879. The molecule has 0 aromatic heterocycles. The van der Waals surface area contributed by atoms with Gasteiger partial charge in [0.1, 0.15) is 0 Å². The summed E-state index contributed by atoms with van der Waals surface area (Å²) < 4.78 is 26.5. The Labute approximate surface area is 107 Å². The zero-order valence-electron chi connectivity index (χ0n) is 10.1. The molecule has 0 aliphatic rings. The number of halogens is 1. The van der Waals surface area contributed by atoms with Gasteiger partial charge in [-0.1, -0.05) is 17.7 Å². The molecule has 0 amide bonds. The van der Waals surface area contributed by atoms with Crippen LogP contribution < -0.4 is 10.5 Å². The second kappa shape index (κ2) is 4.94. The van der Waals surface area contributed by atoms with Gasteiger partial charge in [-0.3, -0.25) is 0 Å². The fourth-order valence-electron chi connectivity index (χ4n) is 1.22. The number of benzene rings is 1. The number of rotatable bonds is 4. The standard InChI is InChI=1S/C11H17ClN2O2S/c1-8-4-5-9(12)6-10(8)17(15,16)14-7-11(2,3)13/h4-6,14H,7,13H2,1-3H3. The van der Waals surface area contributed by atoms with E-state index in [9.17, 15) is 8.42 Å². The minimum Gasteiger partial charge on any atom is -0.324 e. The highest BCUT2D eigenvalue weighted by molar-refractivity contribution is 7.89. The van der Waals surface area contributed by atoms with E-state index in [0.29, 0.717) is 10.6 Å². The van der Waals surface area contributed by atoms with Crippen LogP contribution in [0.2, 0.25) is 5.02 Å². The highest BCUT2D eigenvalue weighted by atomic mass is 35.5. The predicted molar refractivity (Wildman–Crippen MR) is 69.6 cm³/mol. The Bertz CT molecular complexity index is 507. The van der Waals surface area contributed by atoms with Gasteiger partial charge >= 0.3 is 0 Å². The molecule has 0 spiro atoms. The average molecular weight is 277 g/mol. The minimum atomic E-state index is -3.56. The molecular weight excluding hydrogens is 260 g/mol. The van der Waals surface area contributed by atoms with Crippen molar-refractivity contribution in [2.24, 2.45) is 5.73 Å². The summed E-state index contributed by atoms with van der Waals surface area (Å²) in [5.41, 5.74) is 5.79. The van der Waals surface area contributed by atoms with Crippen molar-refractivity contribution in [3.63, 3.8) is 0 Å². The topological polar surface area (TPSA) is 72.2 Å². The minimum absolute atomic E-state index is 0.168. The lowest BCUT2D eigenvalue weighted by Crippen LogP contribution is -2.45. The van der Waals surface area contributed by atoms with Crippen LogP contribution in [-0.4, -0.2) is 20.5 Å². The molecule has 1 aromatic carbocycles. The smallest absolute Gasteiger partial charge is 0.240 e. The summed E-state index contributed by atoms with van der Waals surface area (Å²) in [5, 5.41) is 0.392. The predicted octanol–water partition coefficient (Wildman–Crippen LogP) is 1.66. The molecule has 0 atom stereocenters. The number of aryl methyl sites for hydroxylation is 1. The Morgan fingerprint density at radius 1 is 1.41 bits per heavy atom. The van der Waals surface area contributed by atoms with E-state index in [2.05, 4.69) is 4.72 Å². The van der Waals surface area contributed by atoms with Gasteiger partial charge in [0, 0.05) is 17.1 Å². The second-order valence-electron chi connectivity index (χ2n) is 4.72. The second-order valence-corrected chi connectivity index (χ2v) is 6.89. The molecule has 0 saturated carbocycles. The molecule has 0 saturated heterocycles. The summed E-state index contributed by atoms with van der Waals surface area (Å²) in [7, 11) is -3.56. The van der Waals surface area contributed by atoms with Crippen molar-refractivity contribution in [1.82, 2.24) is 4.72 Å². The van der Waals surface area contributed by atoms with Crippen molar-refractivity contribution in [3.05, 3.63) is 28.8 Å². The molecular formula is C11H17ClN2O2S. The first-order chi connectivity index (χ1) is 7.62.